The second kappa shape index (κ2) is 5.75. The first-order valence-corrected chi connectivity index (χ1v) is 7.39. The lowest BCUT2D eigenvalue weighted by molar-refractivity contribution is 0.0940. The topological polar surface area (TPSA) is 68.0 Å². The number of hydrogen-bond acceptors (Lipinski definition) is 4. The van der Waals surface area contributed by atoms with Gasteiger partial charge in [0.25, 0.3) is 5.91 Å². The fourth-order valence-electron chi connectivity index (χ4n) is 2.36. The Morgan fingerprint density at radius 2 is 2.25 bits per heavy atom. The normalized spacial score (nSPS) is 13.8. The molecular formula is C14H14BrN3O2. The van der Waals surface area contributed by atoms with Crippen LogP contribution in [0.1, 0.15) is 40.3 Å². The number of amides is 1. The number of fused-ring (bicyclic) bond motifs is 1. The van der Waals surface area contributed by atoms with Crippen molar-refractivity contribution in [3.05, 3.63) is 45.5 Å². The van der Waals surface area contributed by atoms with Crippen molar-refractivity contribution in [1.29, 1.82) is 0 Å². The molecule has 1 N–H and O–H groups in total. The zero-order chi connectivity index (χ0) is 13.9. The summed E-state index contributed by atoms with van der Waals surface area (Å²) >= 11 is 3.38. The molecule has 20 heavy (non-hydrogen) atoms. The molecule has 1 aliphatic carbocycles. The van der Waals surface area contributed by atoms with E-state index in [1.165, 1.54) is 0 Å². The Kier molecular flexibility index (Phi) is 3.82. The third-order valence-corrected chi connectivity index (χ3v) is 3.87. The van der Waals surface area contributed by atoms with Gasteiger partial charge in [0.2, 0.25) is 0 Å². The predicted octanol–water partition coefficient (Wildman–Crippen LogP) is 2.64. The fourth-order valence-corrected chi connectivity index (χ4v) is 2.75. The van der Waals surface area contributed by atoms with Gasteiger partial charge in [-0.2, -0.15) is 0 Å². The van der Waals surface area contributed by atoms with Crippen LogP contribution in [-0.2, 0) is 19.4 Å². The van der Waals surface area contributed by atoms with E-state index in [-0.39, 0.29) is 5.91 Å². The highest BCUT2D eigenvalue weighted by molar-refractivity contribution is 9.10. The maximum Gasteiger partial charge on any atom is 0.274 e. The molecule has 0 fully saturated rings. The Labute approximate surface area is 124 Å². The van der Waals surface area contributed by atoms with Crippen LogP contribution in [0.5, 0.6) is 0 Å². The molecular weight excluding hydrogens is 322 g/mol. The van der Waals surface area contributed by atoms with Crippen LogP contribution in [0.3, 0.4) is 0 Å². The Morgan fingerprint density at radius 1 is 1.40 bits per heavy atom. The molecule has 0 radical (unpaired) electrons. The Hall–Kier alpha value is -1.69. The molecule has 0 bridgehead atoms. The lowest BCUT2D eigenvalue weighted by atomic mass is 9.96. The fraction of sp³-hybridized carbons (Fsp3) is 0.357. The molecule has 1 aliphatic rings. The van der Waals surface area contributed by atoms with Crippen molar-refractivity contribution in [2.75, 3.05) is 0 Å². The monoisotopic (exact) mass is 335 g/mol. The van der Waals surface area contributed by atoms with E-state index < -0.39 is 0 Å². The second-order valence-electron chi connectivity index (χ2n) is 4.79. The molecule has 0 unspecified atom stereocenters. The van der Waals surface area contributed by atoms with Crippen LogP contribution in [0.2, 0.25) is 0 Å². The van der Waals surface area contributed by atoms with E-state index in [1.807, 2.05) is 12.1 Å². The smallest absolute Gasteiger partial charge is 0.274 e. The van der Waals surface area contributed by atoms with Crippen LogP contribution < -0.4 is 5.32 Å². The number of halogens is 1. The van der Waals surface area contributed by atoms with Crippen molar-refractivity contribution < 1.29 is 9.32 Å². The largest absolute Gasteiger partial charge is 0.360 e. The number of carbonyl (C=O) groups excluding carboxylic acids is 1. The van der Waals surface area contributed by atoms with E-state index in [0.29, 0.717) is 12.2 Å². The predicted molar refractivity (Wildman–Crippen MR) is 76.3 cm³/mol. The first-order valence-electron chi connectivity index (χ1n) is 6.60. The summed E-state index contributed by atoms with van der Waals surface area (Å²) in [6, 6.07) is 3.72. The minimum absolute atomic E-state index is 0.196. The van der Waals surface area contributed by atoms with Crippen molar-refractivity contribution in [3.63, 3.8) is 0 Å². The third-order valence-electron chi connectivity index (χ3n) is 3.37. The minimum atomic E-state index is -0.196. The summed E-state index contributed by atoms with van der Waals surface area (Å²) in [6.45, 7) is 0.375. The lowest BCUT2D eigenvalue weighted by Gasteiger charge is -2.09. The molecule has 3 rings (SSSR count). The van der Waals surface area contributed by atoms with Gasteiger partial charge in [-0.05, 0) is 31.4 Å². The van der Waals surface area contributed by atoms with Gasteiger partial charge in [0.1, 0.15) is 5.76 Å². The van der Waals surface area contributed by atoms with Crippen LogP contribution in [0.15, 0.2) is 27.3 Å². The van der Waals surface area contributed by atoms with Gasteiger partial charge in [-0.1, -0.05) is 21.1 Å². The summed E-state index contributed by atoms with van der Waals surface area (Å²) < 4.78 is 6.19. The highest BCUT2D eigenvalue weighted by Gasteiger charge is 2.23. The van der Waals surface area contributed by atoms with Gasteiger partial charge < -0.3 is 9.84 Å². The van der Waals surface area contributed by atoms with Crippen LogP contribution in [0.4, 0.5) is 0 Å². The molecule has 6 heteroatoms. The van der Waals surface area contributed by atoms with Crippen LogP contribution in [0, 0.1) is 0 Å². The summed E-state index contributed by atoms with van der Waals surface area (Å²) in [4.78, 5) is 16.4. The molecule has 2 aromatic heterocycles. The van der Waals surface area contributed by atoms with Crippen molar-refractivity contribution in [3.8, 4) is 0 Å². The van der Waals surface area contributed by atoms with Gasteiger partial charge in [0.15, 0.2) is 5.69 Å². The van der Waals surface area contributed by atoms with Gasteiger partial charge in [-0.3, -0.25) is 9.78 Å². The maximum absolute atomic E-state index is 12.2. The first-order chi connectivity index (χ1) is 9.74. The van der Waals surface area contributed by atoms with Gasteiger partial charge in [-0.15, -0.1) is 0 Å². The van der Waals surface area contributed by atoms with Crippen LogP contribution in [-0.4, -0.2) is 16.0 Å². The highest BCUT2D eigenvalue weighted by atomic mass is 79.9. The molecule has 2 heterocycles. The molecule has 0 spiro atoms. The molecule has 0 aliphatic heterocycles. The molecule has 1 amide bonds. The lowest BCUT2D eigenvalue weighted by Crippen LogP contribution is -2.25. The van der Waals surface area contributed by atoms with E-state index in [9.17, 15) is 4.79 Å². The number of hydrogen-bond donors (Lipinski definition) is 1. The van der Waals surface area contributed by atoms with E-state index in [0.717, 1.165) is 47.2 Å². The van der Waals surface area contributed by atoms with Crippen molar-refractivity contribution in [2.24, 2.45) is 0 Å². The van der Waals surface area contributed by atoms with Crippen LogP contribution in [0.25, 0.3) is 0 Å². The van der Waals surface area contributed by atoms with Gasteiger partial charge >= 0.3 is 0 Å². The number of aryl methyl sites for hydroxylation is 1. The highest BCUT2D eigenvalue weighted by Crippen LogP contribution is 2.24. The number of nitrogens with one attached hydrogen (secondary N) is 1. The Morgan fingerprint density at radius 3 is 3.10 bits per heavy atom. The minimum Gasteiger partial charge on any atom is -0.360 e. The van der Waals surface area contributed by atoms with Crippen molar-refractivity contribution in [2.45, 2.75) is 32.2 Å². The summed E-state index contributed by atoms with van der Waals surface area (Å²) in [5.41, 5.74) is 2.19. The molecule has 5 nitrogen and oxygen atoms in total. The zero-order valence-electron chi connectivity index (χ0n) is 10.9. The molecule has 2 aromatic rings. The molecule has 0 atom stereocenters. The standard InChI is InChI=1S/C14H14BrN3O2/c15-9-5-6-16-10(7-9)8-17-14(19)13-11-3-1-2-4-12(11)20-18-13/h5-7H,1-4,8H2,(H,17,19). The summed E-state index contributed by atoms with van der Waals surface area (Å²) in [5, 5.41) is 6.74. The number of nitrogens with zero attached hydrogens (tertiary/aromatic N) is 2. The van der Waals surface area contributed by atoms with Crippen molar-refractivity contribution in [1.82, 2.24) is 15.5 Å². The third kappa shape index (κ3) is 2.75. The zero-order valence-corrected chi connectivity index (χ0v) is 12.4. The number of aromatic nitrogens is 2. The maximum atomic E-state index is 12.2. The molecule has 0 aromatic carbocycles. The van der Waals surface area contributed by atoms with Crippen molar-refractivity contribution >= 4 is 21.8 Å². The molecule has 104 valence electrons. The van der Waals surface area contributed by atoms with Gasteiger partial charge in [0, 0.05) is 22.7 Å². The van der Waals surface area contributed by atoms with E-state index in [2.05, 4.69) is 31.4 Å². The quantitative estimate of drug-likeness (QED) is 0.936. The molecule has 0 saturated carbocycles. The number of carbonyl (C=O) groups is 1. The summed E-state index contributed by atoms with van der Waals surface area (Å²) in [7, 11) is 0. The second-order valence-corrected chi connectivity index (χ2v) is 5.70. The number of rotatable bonds is 3. The summed E-state index contributed by atoms with van der Waals surface area (Å²) in [5.74, 6) is 0.667. The van der Waals surface area contributed by atoms with Gasteiger partial charge in [0.05, 0.1) is 12.2 Å². The average Bonchev–Trinajstić information content (AvgIpc) is 2.89. The van der Waals surface area contributed by atoms with E-state index in [4.69, 9.17) is 4.52 Å². The summed E-state index contributed by atoms with van der Waals surface area (Å²) in [6.07, 6.45) is 5.63. The Balaban J connectivity index is 1.69. The molecule has 0 saturated heterocycles. The van der Waals surface area contributed by atoms with Crippen LogP contribution >= 0.6 is 15.9 Å². The number of pyridine rings is 1. The van der Waals surface area contributed by atoms with E-state index >= 15 is 0 Å². The Bertz CT molecular complexity index is 639. The van der Waals surface area contributed by atoms with Gasteiger partial charge in [-0.25, -0.2) is 0 Å². The SMILES string of the molecule is O=C(NCc1cc(Br)ccn1)c1noc2c1CCCC2. The average molecular weight is 336 g/mol. The van der Waals surface area contributed by atoms with E-state index in [1.54, 1.807) is 6.20 Å². The first kappa shape index (κ1) is 13.3.